The van der Waals surface area contributed by atoms with E-state index < -0.39 is 5.95 Å². The summed E-state index contributed by atoms with van der Waals surface area (Å²) in [5, 5.41) is 0. The third-order valence-corrected chi connectivity index (χ3v) is 4.18. The van der Waals surface area contributed by atoms with Crippen LogP contribution in [0.25, 0.3) is 11.4 Å². The average molecular weight is 338 g/mol. The van der Waals surface area contributed by atoms with Crippen molar-refractivity contribution in [3.63, 3.8) is 0 Å². The Bertz CT molecular complexity index is 942. The molecule has 0 bridgehead atoms. The highest BCUT2D eigenvalue weighted by Gasteiger charge is 2.21. The van der Waals surface area contributed by atoms with E-state index in [4.69, 9.17) is 0 Å². The quantitative estimate of drug-likeness (QED) is 0.725. The fraction of sp³-hybridized carbons (Fsp3) is 0.235. The molecule has 0 saturated carbocycles. The van der Waals surface area contributed by atoms with Crippen molar-refractivity contribution in [1.29, 1.82) is 0 Å². The number of hydrogen-bond donors (Lipinski definition) is 1. The monoisotopic (exact) mass is 338 g/mol. The van der Waals surface area contributed by atoms with Gasteiger partial charge in [-0.2, -0.15) is 4.39 Å². The first-order chi connectivity index (χ1) is 12.2. The normalized spacial score (nSPS) is 14.3. The summed E-state index contributed by atoms with van der Waals surface area (Å²) in [5.74, 6) is -0.00802. The Hall–Kier alpha value is -3.00. The minimum absolute atomic E-state index is 0.147. The van der Waals surface area contributed by atoms with Gasteiger partial charge < -0.3 is 4.98 Å². The van der Waals surface area contributed by atoms with Crippen LogP contribution in [0.5, 0.6) is 0 Å². The predicted molar refractivity (Wildman–Crippen MR) is 87.9 cm³/mol. The average Bonchev–Trinajstić information content (AvgIpc) is 2.65. The molecular formula is C17H15FN6O. The molecule has 1 aliphatic rings. The van der Waals surface area contributed by atoms with Crippen LogP contribution < -0.4 is 5.56 Å². The van der Waals surface area contributed by atoms with Gasteiger partial charge in [-0.25, -0.2) is 19.9 Å². The molecule has 25 heavy (non-hydrogen) atoms. The largest absolute Gasteiger partial charge is 0.306 e. The molecule has 4 heterocycles. The van der Waals surface area contributed by atoms with Gasteiger partial charge in [0.2, 0.25) is 5.95 Å². The van der Waals surface area contributed by atoms with Gasteiger partial charge in [0.25, 0.3) is 5.56 Å². The van der Waals surface area contributed by atoms with Crippen LogP contribution in [0.15, 0.2) is 41.8 Å². The lowest BCUT2D eigenvalue weighted by Gasteiger charge is -2.27. The summed E-state index contributed by atoms with van der Waals surface area (Å²) in [4.78, 5) is 33.6. The van der Waals surface area contributed by atoms with Crippen molar-refractivity contribution in [2.24, 2.45) is 0 Å². The number of H-pyrrole nitrogens is 1. The minimum Gasteiger partial charge on any atom is -0.306 e. The molecule has 7 nitrogen and oxygen atoms in total. The maximum Gasteiger partial charge on any atom is 0.255 e. The lowest BCUT2D eigenvalue weighted by molar-refractivity contribution is 0.241. The van der Waals surface area contributed by atoms with Gasteiger partial charge in [-0.1, -0.05) is 6.07 Å². The Morgan fingerprint density at radius 1 is 1.20 bits per heavy atom. The maximum absolute atomic E-state index is 12.9. The van der Waals surface area contributed by atoms with E-state index >= 15 is 0 Å². The second-order valence-electron chi connectivity index (χ2n) is 5.92. The number of fused-ring (bicyclic) bond motifs is 1. The molecule has 0 unspecified atom stereocenters. The zero-order valence-corrected chi connectivity index (χ0v) is 13.3. The zero-order chi connectivity index (χ0) is 17.2. The number of rotatable bonds is 3. The number of hydrogen-bond acceptors (Lipinski definition) is 6. The van der Waals surface area contributed by atoms with Crippen LogP contribution in [0.1, 0.15) is 16.8 Å². The number of halogens is 1. The van der Waals surface area contributed by atoms with Gasteiger partial charge in [0.15, 0.2) is 0 Å². The molecule has 0 fully saturated rings. The maximum atomic E-state index is 12.9. The van der Waals surface area contributed by atoms with Gasteiger partial charge in [-0.05, 0) is 11.6 Å². The molecule has 1 aliphatic heterocycles. The summed E-state index contributed by atoms with van der Waals surface area (Å²) >= 11 is 0. The summed E-state index contributed by atoms with van der Waals surface area (Å²) in [5.41, 5.74) is 2.92. The summed E-state index contributed by atoms with van der Waals surface area (Å²) in [7, 11) is 0. The van der Waals surface area contributed by atoms with E-state index in [1.807, 2.05) is 0 Å². The Labute approximate surface area is 142 Å². The number of nitrogens with one attached hydrogen (secondary N) is 1. The molecule has 8 heteroatoms. The van der Waals surface area contributed by atoms with Gasteiger partial charge in [0.1, 0.15) is 12.2 Å². The van der Waals surface area contributed by atoms with E-state index in [1.54, 1.807) is 18.5 Å². The van der Waals surface area contributed by atoms with Crippen LogP contribution in [0.3, 0.4) is 0 Å². The molecule has 0 aliphatic carbocycles. The SMILES string of the molecule is O=c1[nH]c(-c2cncnc2)nc2c1CN(Cc1ccc(F)nc1)CC2. The van der Waals surface area contributed by atoms with E-state index in [2.05, 4.69) is 29.8 Å². The fourth-order valence-electron chi connectivity index (χ4n) is 2.93. The standard InChI is InChI=1S/C17H15FN6O/c18-15-2-1-11(5-21-15)8-24-4-3-14-13(9-24)17(25)23-16(22-14)12-6-19-10-20-7-12/h1-2,5-7,10H,3-4,8-9H2,(H,22,23,25). The van der Waals surface area contributed by atoms with Crippen LogP contribution in [0.2, 0.25) is 0 Å². The van der Waals surface area contributed by atoms with Crippen LogP contribution in [0, 0.1) is 5.95 Å². The summed E-state index contributed by atoms with van der Waals surface area (Å²) in [6.45, 7) is 1.88. The highest BCUT2D eigenvalue weighted by atomic mass is 19.1. The molecule has 4 rings (SSSR count). The Morgan fingerprint density at radius 2 is 2.04 bits per heavy atom. The number of pyridine rings is 1. The fourth-order valence-corrected chi connectivity index (χ4v) is 2.93. The molecule has 0 amide bonds. The summed E-state index contributed by atoms with van der Waals surface area (Å²) < 4.78 is 12.9. The van der Waals surface area contributed by atoms with Crippen LogP contribution in [0.4, 0.5) is 4.39 Å². The molecule has 0 spiro atoms. The van der Waals surface area contributed by atoms with Gasteiger partial charge >= 0.3 is 0 Å². The molecule has 0 atom stereocenters. The van der Waals surface area contributed by atoms with Gasteiger partial charge in [0.05, 0.1) is 16.8 Å². The Kier molecular flexibility index (Phi) is 4.02. The van der Waals surface area contributed by atoms with Crippen molar-refractivity contribution in [2.45, 2.75) is 19.5 Å². The molecular weight excluding hydrogens is 323 g/mol. The molecule has 126 valence electrons. The molecule has 0 aromatic carbocycles. The molecule has 3 aromatic rings. The molecule has 0 saturated heterocycles. The highest BCUT2D eigenvalue weighted by Crippen LogP contribution is 2.19. The lowest BCUT2D eigenvalue weighted by atomic mass is 10.1. The van der Waals surface area contributed by atoms with Crippen molar-refractivity contribution >= 4 is 0 Å². The van der Waals surface area contributed by atoms with Crippen molar-refractivity contribution < 1.29 is 4.39 Å². The van der Waals surface area contributed by atoms with E-state index in [1.165, 1.54) is 18.6 Å². The van der Waals surface area contributed by atoms with Crippen molar-refractivity contribution in [1.82, 2.24) is 29.8 Å². The number of aromatic amines is 1. The van der Waals surface area contributed by atoms with E-state index in [9.17, 15) is 9.18 Å². The molecule has 1 N–H and O–H groups in total. The summed E-state index contributed by atoms with van der Waals surface area (Å²) in [6.07, 6.45) is 6.87. The van der Waals surface area contributed by atoms with E-state index in [-0.39, 0.29) is 5.56 Å². The summed E-state index contributed by atoms with van der Waals surface area (Å²) in [6, 6.07) is 3.05. The topological polar surface area (TPSA) is 87.7 Å². The van der Waals surface area contributed by atoms with Crippen molar-refractivity contribution in [2.75, 3.05) is 6.54 Å². The van der Waals surface area contributed by atoms with E-state index in [0.717, 1.165) is 17.8 Å². The number of aromatic nitrogens is 5. The lowest BCUT2D eigenvalue weighted by Crippen LogP contribution is -2.35. The van der Waals surface area contributed by atoms with Gasteiger partial charge in [0, 0.05) is 44.6 Å². The Morgan fingerprint density at radius 3 is 2.80 bits per heavy atom. The first-order valence-electron chi connectivity index (χ1n) is 7.89. The highest BCUT2D eigenvalue weighted by molar-refractivity contribution is 5.52. The van der Waals surface area contributed by atoms with Crippen LogP contribution in [-0.2, 0) is 19.5 Å². The molecule has 0 radical (unpaired) electrons. The zero-order valence-electron chi connectivity index (χ0n) is 13.3. The van der Waals surface area contributed by atoms with Crippen molar-refractivity contribution in [3.05, 3.63) is 70.2 Å². The van der Waals surface area contributed by atoms with Crippen LogP contribution >= 0.6 is 0 Å². The van der Waals surface area contributed by atoms with Crippen molar-refractivity contribution in [3.8, 4) is 11.4 Å². The van der Waals surface area contributed by atoms with E-state index in [0.29, 0.717) is 36.5 Å². The second-order valence-corrected chi connectivity index (χ2v) is 5.92. The van der Waals surface area contributed by atoms with Crippen LogP contribution in [-0.4, -0.2) is 36.4 Å². The Balaban J connectivity index is 1.57. The second kappa shape index (κ2) is 6.48. The minimum atomic E-state index is -0.495. The third-order valence-electron chi connectivity index (χ3n) is 4.18. The first-order valence-corrected chi connectivity index (χ1v) is 7.89. The van der Waals surface area contributed by atoms with Gasteiger partial charge in [-0.15, -0.1) is 0 Å². The predicted octanol–water partition coefficient (Wildman–Crippen LogP) is 1.32. The smallest absolute Gasteiger partial charge is 0.255 e. The number of nitrogens with zero attached hydrogens (tertiary/aromatic N) is 5. The van der Waals surface area contributed by atoms with Gasteiger partial charge in [-0.3, -0.25) is 9.69 Å². The molecule has 3 aromatic heterocycles. The first kappa shape index (κ1) is 15.5. The third kappa shape index (κ3) is 3.29.